The number of ether oxygens (including phenoxy) is 4. The van der Waals surface area contributed by atoms with Gasteiger partial charge in [-0.25, -0.2) is 18.2 Å². The lowest BCUT2D eigenvalue weighted by atomic mass is 9.50. The summed E-state index contributed by atoms with van der Waals surface area (Å²) in [4.78, 5) is 19.3. The minimum absolute atomic E-state index is 0.0178. The molecule has 2 aliphatic carbocycles. The third kappa shape index (κ3) is 4.33. The molecule has 7 nitrogen and oxygen atoms in total. The van der Waals surface area contributed by atoms with E-state index in [1.165, 1.54) is 19.2 Å². The number of aromatic nitrogens is 1. The molecule has 10 heteroatoms. The van der Waals surface area contributed by atoms with Crippen molar-refractivity contribution in [2.45, 2.75) is 49.7 Å². The Bertz CT molecular complexity index is 1190. The van der Waals surface area contributed by atoms with Crippen LogP contribution in [-0.4, -0.2) is 61.4 Å². The summed E-state index contributed by atoms with van der Waals surface area (Å²) in [5, 5.41) is 0. The van der Waals surface area contributed by atoms with Gasteiger partial charge < -0.3 is 23.8 Å². The highest BCUT2D eigenvalue weighted by Crippen LogP contribution is 2.64. The third-order valence-corrected chi connectivity index (χ3v) is 8.27. The molecule has 3 heterocycles. The van der Waals surface area contributed by atoms with Gasteiger partial charge >= 0.3 is 0 Å². The van der Waals surface area contributed by atoms with Gasteiger partial charge in [-0.15, -0.1) is 0 Å². The van der Waals surface area contributed by atoms with Crippen LogP contribution in [0.25, 0.3) is 0 Å². The summed E-state index contributed by atoms with van der Waals surface area (Å²) >= 11 is 0. The number of carbonyl (C=O) groups is 1. The molecule has 0 radical (unpaired) electrons. The number of fused-ring (bicyclic) bond motifs is 1. The first-order valence-electron chi connectivity index (χ1n) is 12.6. The smallest absolute Gasteiger partial charge is 0.272 e. The molecule has 198 valence electrons. The molecule has 2 saturated heterocycles. The van der Waals surface area contributed by atoms with Crippen LogP contribution in [0.15, 0.2) is 36.4 Å². The van der Waals surface area contributed by atoms with E-state index in [-0.39, 0.29) is 60.8 Å². The number of halogens is 3. The molecule has 2 aliphatic heterocycles. The Labute approximate surface area is 212 Å². The number of likely N-dealkylation sites (tertiary alicyclic amines) is 1. The number of carbonyl (C=O) groups excluding carboxylic acids is 1. The van der Waals surface area contributed by atoms with E-state index >= 15 is 0 Å². The zero-order chi connectivity index (χ0) is 25.8. The Hall–Kier alpha value is -2.85. The maximum absolute atomic E-state index is 13.9. The zero-order valence-corrected chi connectivity index (χ0v) is 20.6. The predicted molar refractivity (Wildman–Crippen MR) is 125 cm³/mol. The van der Waals surface area contributed by atoms with Gasteiger partial charge in [-0.3, -0.25) is 4.79 Å². The minimum Gasteiger partial charge on any atom is -0.488 e. The van der Waals surface area contributed by atoms with Gasteiger partial charge in [-0.05, 0) is 54.0 Å². The first-order chi connectivity index (χ1) is 17.7. The van der Waals surface area contributed by atoms with Crippen molar-refractivity contribution >= 4 is 5.91 Å². The van der Waals surface area contributed by atoms with Crippen LogP contribution in [0.3, 0.4) is 0 Å². The summed E-state index contributed by atoms with van der Waals surface area (Å²) in [6.07, 6.45) is 1.48. The molecule has 2 atom stereocenters. The SMILES string of the molecule is COc1nc(C(=O)N2CCC3(c4cccc(F)c4)OCOC3C2)ccc1OCC1CC2(C1)CC(F)(F)C2. The van der Waals surface area contributed by atoms with Crippen molar-refractivity contribution in [3.8, 4) is 11.6 Å². The van der Waals surface area contributed by atoms with Gasteiger partial charge in [0.05, 0.1) is 20.3 Å². The summed E-state index contributed by atoms with van der Waals surface area (Å²) in [5.41, 5.74) is -0.0882. The number of piperidine rings is 1. The fourth-order valence-electron chi connectivity index (χ4n) is 6.61. The lowest BCUT2D eigenvalue weighted by Crippen LogP contribution is -2.54. The maximum atomic E-state index is 13.9. The molecule has 4 fully saturated rings. The number of rotatable bonds is 6. The second kappa shape index (κ2) is 8.87. The molecule has 1 amide bonds. The van der Waals surface area contributed by atoms with Crippen LogP contribution in [-0.2, 0) is 15.1 Å². The maximum Gasteiger partial charge on any atom is 0.272 e. The highest BCUT2D eigenvalue weighted by molar-refractivity contribution is 5.92. The zero-order valence-electron chi connectivity index (χ0n) is 20.6. The van der Waals surface area contributed by atoms with E-state index in [2.05, 4.69) is 4.98 Å². The van der Waals surface area contributed by atoms with E-state index < -0.39 is 17.6 Å². The summed E-state index contributed by atoms with van der Waals surface area (Å²) in [7, 11) is 1.45. The van der Waals surface area contributed by atoms with Gasteiger partial charge in [0.2, 0.25) is 5.92 Å². The Morgan fingerprint density at radius 3 is 2.76 bits per heavy atom. The third-order valence-electron chi connectivity index (χ3n) is 8.27. The van der Waals surface area contributed by atoms with Crippen LogP contribution in [0.2, 0.25) is 0 Å². The highest BCUT2D eigenvalue weighted by atomic mass is 19.3. The quantitative estimate of drug-likeness (QED) is 0.559. The van der Waals surface area contributed by atoms with Gasteiger partial charge in [-0.1, -0.05) is 12.1 Å². The lowest BCUT2D eigenvalue weighted by molar-refractivity contribution is -0.209. The molecule has 1 aromatic carbocycles. The van der Waals surface area contributed by atoms with Crippen molar-refractivity contribution in [3.63, 3.8) is 0 Å². The fraction of sp³-hybridized carbons (Fsp3) is 0.556. The number of hydrogen-bond acceptors (Lipinski definition) is 6. The number of methoxy groups -OCH3 is 1. The lowest BCUT2D eigenvalue weighted by Gasteiger charge is -2.57. The molecular weight excluding hydrogens is 489 g/mol. The van der Waals surface area contributed by atoms with Crippen molar-refractivity contribution in [1.29, 1.82) is 0 Å². The molecule has 1 aromatic heterocycles. The largest absolute Gasteiger partial charge is 0.488 e. The Morgan fingerprint density at radius 1 is 1.22 bits per heavy atom. The summed E-state index contributed by atoms with van der Waals surface area (Å²) in [6, 6.07) is 9.54. The standard InChI is InChI=1S/C27H29F3N2O5/c1-34-23-21(35-13-17-10-25(11-17)14-26(29,30)15-25)6-5-20(31-23)24(33)32-8-7-27(22(12-32)36-16-37-27)18-3-2-4-19(28)9-18/h2-6,9,17,22H,7-8,10-16H2,1H3. The second-order valence-corrected chi connectivity index (χ2v) is 10.8. The van der Waals surface area contributed by atoms with Crippen LogP contribution >= 0.6 is 0 Å². The molecule has 2 saturated carbocycles. The monoisotopic (exact) mass is 518 g/mol. The number of benzene rings is 1. The minimum atomic E-state index is -2.51. The van der Waals surface area contributed by atoms with Crippen LogP contribution in [0, 0.1) is 17.2 Å². The number of nitrogens with zero attached hydrogens (tertiary/aromatic N) is 2. The predicted octanol–water partition coefficient (Wildman–Crippen LogP) is 4.55. The van der Waals surface area contributed by atoms with Crippen molar-refractivity contribution in [1.82, 2.24) is 9.88 Å². The van der Waals surface area contributed by atoms with E-state index in [0.29, 0.717) is 30.9 Å². The highest BCUT2D eigenvalue weighted by Gasteiger charge is 2.61. The molecule has 37 heavy (non-hydrogen) atoms. The molecular formula is C27H29F3N2O5. The Kier molecular flexibility index (Phi) is 5.87. The van der Waals surface area contributed by atoms with Crippen molar-refractivity contribution in [2.75, 3.05) is 33.6 Å². The number of alkyl halides is 2. The molecule has 4 aliphatic rings. The average Bonchev–Trinajstić information content (AvgIpc) is 3.28. The van der Waals surface area contributed by atoms with E-state index in [1.807, 2.05) is 6.07 Å². The number of amides is 1. The van der Waals surface area contributed by atoms with Gasteiger partial charge in [0.15, 0.2) is 5.75 Å². The molecule has 2 aromatic rings. The van der Waals surface area contributed by atoms with E-state index in [9.17, 15) is 18.0 Å². The first-order valence-corrected chi connectivity index (χ1v) is 12.6. The normalized spacial score (nSPS) is 27.8. The Morgan fingerprint density at radius 2 is 2.03 bits per heavy atom. The summed E-state index contributed by atoms with van der Waals surface area (Å²) in [5.74, 6) is -2.30. The summed E-state index contributed by atoms with van der Waals surface area (Å²) in [6.45, 7) is 1.14. The van der Waals surface area contributed by atoms with Crippen LogP contribution in [0.1, 0.15) is 48.2 Å². The van der Waals surface area contributed by atoms with Gasteiger partial charge in [0, 0.05) is 25.8 Å². The van der Waals surface area contributed by atoms with Crippen molar-refractivity contribution in [2.24, 2.45) is 11.3 Å². The fourth-order valence-corrected chi connectivity index (χ4v) is 6.61. The van der Waals surface area contributed by atoms with E-state index in [4.69, 9.17) is 18.9 Å². The number of pyridine rings is 1. The molecule has 0 N–H and O–H groups in total. The van der Waals surface area contributed by atoms with Crippen LogP contribution < -0.4 is 9.47 Å². The molecule has 6 rings (SSSR count). The molecule has 2 unspecified atom stereocenters. The second-order valence-electron chi connectivity index (χ2n) is 10.8. The van der Waals surface area contributed by atoms with Crippen molar-refractivity contribution < 1.29 is 36.9 Å². The average molecular weight is 519 g/mol. The first kappa shape index (κ1) is 24.5. The van der Waals surface area contributed by atoms with Gasteiger partial charge in [0.25, 0.3) is 11.8 Å². The summed E-state index contributed by atoms with van der Waals surface area (Å²) < 4.78 is 63.4. The van der Waals surface area contributed by atoms with Gasteiger partial charge in [-0.2, -0.15) is 0 Å². The van der Waals surface area contributed by atoms with Crippen LogP contribution in [0.5, 0.6) is 11.6 Å². The topological polar surface area (TPSA) is 70.1 Å². The van der Waals surface area contributed by atoms with Gasteiger partial charge in [0.1, 0.15) is 30.0 Å². The van der Waals surface area contributed by atoms with Crippen LogP contribution in [0.4, 0.5) is 13.2 Å². The van der Waals surface area contributed by atoms with E-state index in [1.54, 1.807) is 23.1 Å². The van der Waals surface area contributed by atoms with Crippen molar-refractivity contribution in [3.05, 3.63) is 53.5 Å². The molecule has 0 bridgehead atoms. The number of hydrogen-bond donors (Lipinski definition) is 0. The molecule has 1 spiro atoms. The van der Waals surface area contributed by atoms with E-state index in [0.717, 1.165) is 12.8 Å². The Balaban J connectivity index is 1.09.